The van der Waals surface area contributed by atoms with Crippen molar-refractivity contribution in [3.63, 3.8) is 0 Å². The van der Waals surface area contributed by atoms with E-state index in [9.17, 15) is 9.59 Å². The number of aromatic nitrogens is 4. The molecule has 1 aliphatic rings. The Morgan fingerprint density at radius 3 is 2.38 bits per heavy atom. The van der Waals surface area contributed by atoms with Crippen molar-refractivity contribution in [2.24, 2.45) is 5.92 Å². The number of oxazole rings is 1. The summed E-state index contributed by atoms with van der Waals surface area (Å²) >= 11 is 0. The van der Waals surface area contributed by atoms with Gasteiger partial charge in [0.05, 0.1) is 5.69 Å². The number of hydrogen-bond acceptors (Lipinski definition) is 6. The average molecular weight is 396 g/mol. The standard InChI is InChI=1S/C20H24N6O3/c1-13-19(29-14(2)22-13)20(28)21-11-15-7-9-25(10-8-15)18(27)12-26-23-16-5-3-4-6-17(16)24-26/h3-6,15H,7-12H2,1-2H3,(H,21,28). The van der Waals surface area contributed by atoms with Gasteiger partial charge in [0.1, 0.15) is 17.6 Å². The van der Waals surface area contributed by atoms with Gasteiger partial charge in [0.15, 0.2) is 5.89 Å². The Balaban J connectivity index is 1.25. The number of amides is 2. The molecule has 1 aromatic carbocycles. The molecule has 0 radical (unpaired) electrons. The minimum Gasteiger partial charge on any atom is -0.436 e. The number of nitrogens with one attached hydrogen (secondary N) is 1. The Kier molecular flexibility index (Phi) is 5.28. The van der Waals surface area contributed by atoms with E-state index in [1.165, 1.54) is 4.80 Å². The zero-order valence-electron chi connectivity index (χ0n) is 16.6. The highest BCUT2D eigenvalue weighted by Gasteiger charge is 2.24. The predicted octanol–water partition coefficient (Wildman–Crippen LogP) is 1.70. The van der Waals surface area contributed by atoms with E-state index < -0.39 is 0 Å². The van der Waals surface area contributed by atoms with E-state index in [0.717, 1.165) is 23.9 Å². The van der Waals surface area contributed by atoms with Crippen LogP contribution in [0.25, 0.3) is 11.0 Å². The normalized spacial score (nSPS) is 15.0. The molecule has 152 valence electrons. The summed E-state index contributed by atoms with van der Waals surface area (Å²) in [5.41, 5.74) is 2.17. The van der Waals surface area contributed by atoms with Crippen molar-refractivity contribution < 1.29 is 14.0 Å². The largest absolute Gasteiger partial charge is 0.436 e. The number of aryl methyl sites for hydroxylation is 2. The minimum absolute atomic E-state index is 0.0144. The Labute approximate surface area is 168 Å². The molecule has 1 N–H and O–H groups in total. The highest BCUT2D eigenvalue weighted by Crippen LogP contribution is 2.18. The molecule has 4 rings (SSSR count). The van der Waals surface area contributed by atoms with Gasteiger partial charge in [0, 0.05) is 26.6 Å². The molecule has 1 aliphatic heterocycles. The van der Waals surface area contributed by atoms with Gasteiger partial charge in [-0.2, -0.15) is 15.0 Å². The molecule has 9 heteroatoms. The molecule has 2 amide bonds. The second-order valence-corrected chi connectivity index (χ2v) is 7.40. The zero-order chi connectivity index (χ0) is 20.4. The number of hydrogen-bond donors (Lipinski definition) is 1. The highest BCUT2D eigenvalue weighted by molar-refractivity contribution is 5.92. The first-order chi connectivity index (χ1) is 14.0. The first-order valence-electron chi connectivity index (χ1n) is 9.79. The van der Waals surface area contributed by atoms with Crippen molar-refractivity contribution in [1.82, 2.24) is 30.2 Å². The van der Waals surface area contributed by atoms with Crippen LogP contribution in [0.4, 0.5) is 0 Å². The summed E-state index contributed by atoms with van der Waals surface area (Å²) in [5, 5.41) is 11.6. The third-order valence-electron chi connectivity index (χ3n) is 5.23. The lowest BCUT2D eigenvalue weighted by Gasteiger charge is -2.31. The lowest BCUT2D eigenvalue weighted by molar-refractivity contribution is -0.133. The predicted molar refractivity (Wildman–Crippen MR) is 105 cm³/mol. The molecular formula is C20H24N6O3. The molecule has 3 heterocycles. The van der Waals surface area contributed by atoms with Gasteiger partial charge in [-0.1, -0.05) is 12.1 Å². The molecule has 9 nitrogen and oxygen atoms in total. The Morgan fingerprint density at radius 2 is 1.79 bits per heavy atom. The molecule has 1 fully saturated rings. The van der Waals surface area contributed by atoms with Crippen LogP contribution in [0.15, 0.2) is 28.7 Å². The van der Waals surface area contributed by atoms with Crippen molar-refractivity contribution in [2.75, 3.05) is 19.6 Å². The summed E-state index contributed by atoms with van der Waals surface area (Å²) in [7, 11) is 0. The Bertz CT molecular complexity index is 999. The van der Waals surface area contributed by atoms with Crippen molar-refractivity contribution in [3.8, 4) is 0 Å². The number of carbonyl (C=O) groups is 2. The fourth-order valence-corrected chi connectivity index (χ4v) is 3.64. The number of benzene rings is 1. The first-order valence-corrected chi connectivity index (χ1v) is 9.79. The molecule has 0 spiro atoms. The van der Waals surface area contributed by atoms with Crippen molar-refractivity contribution in [2.45, 2.75) is 33.2 Å². The van der Waals surface area contributed by atoms with Gasteiger partial charge >= 0.3 is 0 Å². The van der Waals surface area contributed by atoms with Crippen LogP contribution in [-0.4, -0.2) is 56.3 Å². The minimum atomic E-state index is -0.238. The number of carbonyl (C=O) groups excluding carboxylic acids is 2. The molecule has 0 aliphatic carbocycles. The zero-order valence-corrected chi connectivity index (χ0v) is 16.6. The average Bonchev–Trinajstić information content (AvgIpc) is 3.28. The monoisotopic (exact) mass is 396 g/mol. The number of nitrogens with zero attached hydrogens (tertiary/aromatic N) is 5. The molecule has 0 unspecified atom stereocenters. The molecule has 0 bridgehead atoms. The van der Waals surface area contributed by atoms with Gasteiger partial charge in [-0.15, -0.1) is 0 Å². The second kappa shape index (κ2) is 8.02. The van der Waals surface area contributed by atoms with Crippen LogP contribution in [0.1, 0.15) is 35.0 Å². The summed E-state index contributed by atoms with van der Waals surface area (Å²) in [5.74, 6) is 0.866. The van der Waals surface area contributed by atoms with Gasteiger partial charge in [0.25, 0.3) is 5.91 Å². The maximum Gasteiger partial charge on any atom is 0.289 e. The third-order valence-corrected chi connectivity index (χ3v) is 5.23. The Hall–Kier alpha value is -3.23. The van der Waals surface area contributed by atoms with Gasteiger partial charge in [-0.25, -0.2) is 4.98 Å². The van der Waals surface area contributed by atoms with Crippen LogP contribution in [-0.2, 0) is 11.3 Å². The number of rotatable bonds is 5. The number of likely N-dealkylation sites (tertiary alicyclic amines) is 1. The van der Waals surface area contributed by atoms with Crippen molar-refractivity contribution in [3.05, 3.63) is 41.6 Å². The smallest absolute Gasteiger partial charge is 0.289 e. The van der Waals surface area contributed by atoms with Crippen molar-refractivity contribution in [1.29, 1.82) is 0 Å². The van der Waals surface area contributed by atoms with E-state index in [0.29, 0.717) is 37.1 Å². The molecular weight excluding hydrogens is 372 g/mol. The van der Waals surface area contributed by atoms with Crippen LogP contribution in [0.2, 0.25) is 0 Å². The topological polar surface area (TPSA) is 106 Å². The van der Waals surface area contributed by atoms with Crippen LogP contribution in [0.3, 0.4) is 0 Å². The van der Waals surface area contributed by atoms with E-state index in [4.69, 9.17) is 4.42 Å². The second-order valence-electron chi connectivity index (χ2n) is 7.40. The molecule has 0 saturated carbocycles. The highest BCUT2D eigenvalue weighted by atomic mass is 16.4. The van der Waals surface area contributed by atoms with E-state index in [2.05, 4.69) is 20.5 Å². The first kappa shape index (κ1) is 19.1. The molecule has 29 heavy (non-hydrogen) atoms. The van der Waals surface area contributed by atoms with E-state index >= 15 is 0 Å². The summed E-state index contributed by atoms with van der Waals surface area (Å²) in [4.78, 5) is 32.2. The maximum atomic E-state index is 12.6. The fourth-order valence-electron chi connectivity index (χ4n) is 3.64. The molecule has 2 aromatic heterocycles. The van der Waals surface area contributed by atoms with Gasteiger partial charge in [-0.05, 0) is 37.8 Å². The third kappa shape index (κ3) is 4.28. The number of piperidine rings is 1. The summed E-state index contributed by atoms with van der Waals surface area (Å²) in [6.45, 7) is 5.51. The van der Waals surface area contributed by atoms with Gasteiger partial charge in [-0.3, -0.25) is 9.59 Å². The van der Waals surface area contributed by atoms with E-state index in [-0.39, 0.29) is 24.1 Å². The van der Waals surface area contributed by atoms with Crippen LogP contribution in [0.5, 0.6) is 0 Å². The summed E-state index contributed by atoms with van der Waals surface area (Å²) in [6.07, 6.45) is 1.68. The molecule has 1 saturated heterocycles. The quantitative estimate of drug-likeness (QED) is 0.704. The summed E-state index contributed by atoms with van der Waals surface area (Å²) in [6, 6.07) is 7.56. The number of fused-ring (bicyclic) bond motifs is 1. The van der Waals surface area contributed by atoms with Crippen LogP contribution in [0, 0.1) is 19.8 Å². The van der Waals surface area contributed by atoms with Gasteiger partial charge in [0.2, 0.25) is 11.7 Å². The molecule has 3 aromatic rings. The van der Waals surface area contributed by atoms with Crippen LogP contribution < -0.4 is 5.32 Å². The van der Waals surface area contributed by atoms with E-state index in [1.54, 1.807) is 13.8 Å². The van der Waals surface area contributed by atoms with Crippen LogP contribution >= 0.6 is 0 Å². The van der Waals surface area contributed by atoms with Gasteiger partial charge < -0.3 is 14.6 Å². The Morgan fingerprint density at radius 1 is 1.14 bits per heavy atom. The maximum absolute atomic E-state index is 12.6. The summed E-state index contributed by atoms with van der Waals surface area (Å²) < 4.78 is 5.35. The van der Waals surface area contributed by atoms with Crippen molar-refractivity contribution >= 4 is 22.8 Å². The molecule has 0 atom stereocenters. The fraction of sp³-hybridized carbons (Fsp3) is 0.450. The van der Waals surface area contributed by atoms with E-state index in [1.807, 2.05) is 29.2 Å². The lowest BCUT2D eigenvalue weighted by atomic mass is 9.96. The lowest BCUT2D eigenvalue weighted by Crippen LogP contribution is -2.43. The SMILES string of the molecule is Cc1nc(C)c(C(=O)NCC2CCN(C(=O)Cn3nc4ccccc4n3)CC2)o1.